The third-order valence-corrected chi connectivity index (χ3v) is 2.61. The monoisotopic (exact) mass is 236 g/mol. The Bertz CT molecular complexity index is 254. The smallest absolute Gasteiger partial charge is 0.141 e. The average Bonchev–Trinajstić information content (AvgIpc) is 1.99. The van der Waals surface area contributed by atoms with Crippen molar-refractivity contribution in [3.63, 3.8) is 0 Å². The van der Waals surface area contributed by atoms with Crippen molar-refractivity contribution in [1.29, 1.82) is 0 Å². The van der Waals surface area contributed by atoms with Gasteiger partial charge in [-0.05, 0) is 22.0 Å². The molecule has 0 aliphatic rings. The Hall–Kier alpha value is -0.220. The summed E-state index contributed by atoms with van der Waals surface area (Å²) < 4.78 is 18.3. The second kappa shape index (κ2) is 3.45. The van der Waals surface area contributed by atoms with E-state index >= 15 is 0 Å². The maximum Gasteiger partial charge on any atom is 0.141 e. The highest BCUT2D eigenvalue weighted by Gasteiger charge is 2.04. The van der Waals surface area contributed by atoms with E-state index in [0.29, 0.717) is 15.1 Å². The van der Waals surface area contributed by atoms with Gasteiger partial charge in [0.1, 0.15) is 11.6 Å². The topological polar surface area (TPSA) is 9.23 Å². The Kier molecular flexibility index (Phi) is 2.78. The van der Waals surface area contributed by atoms with Crippen molar-refractivity contribution in [2.45, 2.75) is 4.90 Å². The molecule has 1 aromatic carbocycles. The minimum absolute atomic E-state index is 0.297. The van der Waals surface area contributed by atoms with Gasteiger partial charge in [-0.3, -0.25) is 0 Å². The Labute approximate surface area is 78.1 Å². The molecule has 0 aliphatic carbocycles. The Morgan fingerprint density at radius 1 is 1.55 bits per heavy atom. The molecule has 0 heterocycles. The van der Waals surface area contributed by atoms with Crippen molar-refractivity contribution in [2.75, 3.05) is 7.11 Å². The molecule has 0 unspecified atom stereocenters. The van der Waals surface area contributed by atoms with Crippen LogP contribution in [0.15, 0.2) is 21.5 Å². The third-order valence-electron chi connectivity index (χ3n) is 1.23. The summed E-state index contributed by atoms with van der Waals surface area (Å²) in [5, 5.41) is 0. The molecule has 1 aromatic rings. The van der Waals surface area contributed by atoms with Gasteiger partial charge < -0.3 is 4.74 Å². The first-order chi connectivity index (χ1) is 5.15. The first-order valence-electron chi connectivity index (χ1n) is 2.87. The summed E-state index contributed by atoms with van der Waals surface area (Å²) in [6, 6.07) is 2.94. The molecular weight excluding hydrogens is 231 g/mol. The molecule has 0 saturated carbocycles. The van der Waals surface area contributed by atoms with Gasteiger partial charge in [-0.15, -0.1) is 12.6 Å². The third kappa shape index (κ3) is 1.87. The zero-order chi connectivity index (χ0) is 8.43. The van der Waals surface area contributed by atoms with Gasteiger partial charge in [0, 0.05) is 10.5 Å². The Morgan fingerprint density at radius 3 is 2.64 bits per heavy atom. The SMILES string of the molecule is COc1cc(F)c(S)c(Br)c1. The highest BCUT2D eigenvalue weighted by atomic mass is 79.9. The lowest BCUT2D eigenvalue weighted by atomic mass is 10.3. The largest absolute Gasteiger partial charge is 0.497 e. The molecule has 4 heteroatoms. The molecule has 0 fully saturated rings. The summed E-state index contributed by atoms with van der Waals surface area (Å²) in [4.78, 5) is 0.297. The second-order valence-corrected chi connectivity index (χ2v) is 3.24. The quantitative estimate of drug-likeness (QED) is 0.739. The molecule has 0 spiro atoms. The molecule has 1 nitrogen and oxygen atoms in total. The van der Waals surface area contributed by atoms with E-state index in [1.807, 2.05) is 0 Å². The van der Waals surface area contributed by atoms with Crippen molar-refractivity contribution < 1.29 is 9.13 Å². The molecule has 0 saturated heterocycles. The summed E-state index contributed by atoms with van der Waals surface area (Å²) >= 11 is 7.06. The highest BCUT2D eigenvalue weighted by molar-refractivity contribution is 9.10. The second-order valence-electron chi connectivity index (χ2n) is 1.94. The van der Waals surface area contributed by atoms with Crippen LogP contribution in [0.4, 0.5) is 4.39 Å². The lowest BCUT2D eigenvalue weighted by Gasteiger charge is -2.02. The van der Waals surface area contributed by atoms with Gasteiger partial charge >= 0.3 is 0 Å². The van der Waals surface area contributed by atoms with Crippen molar-refractivity contribution in [1.82, 2.24) is 0 Å². The number of hydrogen-bond acceptors (Lipinski definition) is 2. The Balaban J connectivity index is 3.21. The first kappa shape index (κ1) is 8.87. The lowest BCUT2D eigenvalue weighted by Crippen LogP contribution is -1.86. The molecule has 0 bridgehead atoms. The standard InChI is InChI=1S/C7H6BrFOS/c1-10-4-2-5(8)7(11)6(9)3-4/h2-3,11H,1H3. The molecule has 0 atom stereocenters. The fraction of sp³-hybridized carbons (Fsp3) is 0.143. The molecule has 0 radical (unpaired) electrons. The molecule has 11 heavy (non-hydrogen) atoms. The van der Waals surface area contributed by atoms with Crippen LogP contribution in [0.5, 0.6) is 5.75 Å². The molecule has 0 amide bonds. The summed E-state index contributed by atoms with van der Waals surface area (Å²) in [7, 11) is 1.49. The highest BCUT2D eigenvalue weighted by Crippen LogP contribution is 2.28. The van der Waals surface area contributed by atoms with E-state index < -0.39 is 0 Å². The average molecular weight is 237 g/mol. The Morgan fingerprint density at radius 2 is 2.18 bits per heavy atom. The lowest BCUT2D eigenvalue weighted by molar-refractivity contribution is 0.409. The fourth-order valence-corrected chi connectivity index (χ4v) is 1.20. The molecule has 60 valence electrons. The van der Waals surface area contributed by atoms with Crippen LogP contribution in [0.25, 0.3) is 0 Å². The zero-order valence-corrected chi connectivity index (χ0v) is 8.25. The molecule has 0 aliphatic heterocycles. The van der Waals surface area contributed by atoms with Gasteiger partial charge in [-0.25, -0.2) is 4.39 Å². The maximum absolute atomic E-state index is 12.8. The van der Waals surface area contributed by atoms with Crippen molar-refractivity contribution in [2.24, 2.45) is 0 Å². The molecule has 0 aromatic heterocycles. The number of thiol groups is 1. The summed E-state index contributed by atoms with van der Waals surface area (Å²) in [6.45, 7) is 0. The molecule has 0 N–H and O–H groups in total. The van der Waals surface area contributed by atoms with Gasteiger partial charge in [0.2, 0.25) is 0 Å². The zero-order valence-electron chi connectivity index (χ0n) is 5.77. The number of methoxy groups -OCH3 is 1. The van der Waals surface area contributed by atoms with Crippen LogP contribution in [0, 0.1) is 5.82 Å². The van der Waals surface area contributed by atoms with Crippen LogP contribution >= 0.6 is 28.6 Å². The number of halogens is 2. The fourth-order valence-electron chi connectivity index (χ4n) is 0.660. The number of benzene rings is 1. The normalized spacial score (nSPS) is 9.82. The number of hydrogen-bond donors (Lipinski definition) is 1. The van der Waals surface area contributed by atoms with E-state index in [1.54, 1.807) is 6.07 Å². The van der Waals surface area contributed by atoms with Gasteiger partial charge in [0.15, 0.2) is 0 Å². The van der Waals surface area contributed by atoms with E-state index in [9.17, 15) is 4.39 Å². The predicted octanol–water partition coefficient (Wildman–Crippen LogP) is 2.89. The predicted molar refractivity (Wildman–Crippen MR) is 47.9 cm³/mol. The first-order valence-corrected chi connectivity index (χ1v) is 4.11. The van der Waals surface area contributed by atoms with Crippen LogP contribution in [0.3, 0.4) is 0 Å². The van der Waals surface area contributed by atoms with Crippen molar-refractivity contribution >= 4 is 28.6 Å². The van der Waals surface area contributed by atoms with E-state index in [0.717, 1.165) is 0 Å². The summed E-state index contributed by atoms with van der Waals surface area (Å²) in [5.41, 5.74) is 0. The summed E-state index contributed by atoms with van der Waals surface area (Å²) in [5.74, 6) is 0.0896. The minimum atomic E-state index is -0.389. The van der Waals surface area contributed by atoms with Gasteiger partial charge in [0.05, 0.1) is 12.0 Å². The molecular formula is C7H6BrFOS. The maximum atomic E-state index is 12.8. The van der Waals surface area contributed by atoms with Gasteiger partial charge in [-0.1, -0.05) is 0 Å². The number of rotatable bonds is 1. The summed E-state index contributed by atoms with van der Waals surface area (Å²) in [6.07, 6.45) is 0. The van der Waals surface area contributed by atoms with Crippen LogP contribution in [-0.2, 0) is 0 Å². The van der Waals surface area contributed by atoms with Crippen molar-refractivity contribution in [3.8, 4) is 5.75 Å². The van der Waals surface area contributed by atoms with Gasteiger partial charge in [-0.2, -0.15) is 0 Å². The van der Waals surface area contributed by atoms with Crippen molar-refractivity contribution in [3.05, 3.63) is 22.4 Å². The van der Waals surface area contributed by atoms with Gasteiger partial charge in [0.25, 0.3) is 0 Å². The van der Waals surface area contributed by atoms with E-state index in [1.165, 1.54) is 13.2 Å². The molecule has 1 rings (SSSR count). The number of ether oxygens (including phenoxy) is 1. The van der Waals surface area contributed by atoms with E-state index in [-0.39, 0.29) is 5.82 Å². The van der Waals surface area contributed by atoms with E-state index in [4.69, 9.17) is 4.74 Å². The van der Waals surface area contributed by atoms with Crippen LogP contribution < -0.4 is 4.74 Å². The van der Waals surface area contributed by atoms with Crippen LogP contribution in [0.2, 0.25) is 0 Å². The van der Waals surface area contributed by atoms with E-state index in [2.05, 4.69) is 28.6 Å². The van der Waals surface area contributed by atoms with Crippen LogP contribution in [-0.4, -0.2) is 7.11 Å². The minimum Gasteiger partial charge on any atom is -0.497 e. The van der Waals surface area contributed by atoms with Crippen LogP contribution in [0.1, 0.15) is 0 Å².